The van der Waals surface area contributed by atoms with Crippen molar-refractivity contribution in [1.29, 1.82) is 0 Å². The second kappa shape index (κ2) is 5.36. The summed E-state index contributed by atoms with van der Waals surface area (Å²) in [5, 5.41) is 8.99. The third kappa shape index (κ3) is 2.44. The molecule has 0 saturated heterocycles. The second-order valence-electron chi connectivity index (χ2n) is 4.36. The Morgan fingerprint density at radius 1 is 1.16 bits per heavy atom. The molecule has 0 fully saturated rings. The normalized spacial score (nSPS) is 12.5. The van der Waals surface area contributed by atoms with Gasteiger partial charge in [0.25, 0.3) is 0 Å². The summed E-state index contributed by atoms with van der Waals surface area (Å²) >= 11 is 1.68. The predicted octanol–water partition coefficient (Wildman–Crippen LogP) is 4.25. The number of nitrogens with zero attached hydrogens (tertiary/aromatic N) is 2. The molecule has 0 bridgehead atoms. The minimum Gasteiger partial charge on any atom is -0.360 e. The molecule has 19 heavy (non-hydrogen) atoms. The van der Waals surface area contributed by atoms with E-state index < -0.39 is 0 Å². The van der Waals surface area contributed by atoms with Crippen molar-refractivity contribution in [2.45, 2.75) is 19.4 Å². The highest BCUT2D eigenvalue weighted by Crippen LogP contribution is 2.27. The number of hydrogen-bond donors (Lipinski definition) is 1. The van der Waals surface area contributed by atoms with E-state index in [2.05, 4.69) is 34.3 Å². The van der Waals surface area contributed by atoms with Crippen LogP contribution in [0.25, 0.3) is 10.8 Å². The van der Waals surface area contributed by atoms with Crippen molar-refractivity contribution in [3.8, 4) is 0 Å². The molecule has 0 aliphatic heterocycles. The van der Waals surface area contributed by atoms with Gasteiger partial charge < -0.3 is 5.32 Å². The molecule has 96 valence electrons. The third-order valence-electron chi connectivity index (χ3n) is 3.14. The van der Waals surface area contributed by atoms with Gasteiger partial charge in [-0.2, -0.15) is 0 Å². The number of rotatable bonds is 4. The third-order valence-corrected chi connectivity index (χ3v) is 4.03. The quantitative estimate of drug-likeness (QED) is 0.769. The Labute approximate surface area is 116 Å². The molecule has 0 saturated carbocycles. The molecule has 0 radical (unpaired) electrons. The van der Waals surface area contributed by atoms with Crippen molar-refractivity contribution in [2.24, 2.45) is 0 Å². The van der Waals surface area contributed by atoms with Crippen LogP contribution in [0.3, 0.4) is 0 Å². The largest absolute Gasteiger partial charge is 0.360 e. The van der Waals surface area contributed by atoms with Crippen molar-refractivity contribution in [3.05, 3.63) is 53.1 Å². The van der Waals surface area contributed by atoms with E-state index in [0.29, 0.717) is 0 Å². The van der Waals surface area contributed by atoms with Crippen molar-refractivity contribution in [1.82, 2.24) is 9.97 Å². The van der Waals surface area contributed by atoms with E-state index in [9.17, 15) is 0 Å². The van der Waals surface area contributed by atoms with Crippen LogP contribution in [0, 0.1) is 0 Å². The SMILES string of the molecule is CCC(Nc1nccc2ccccc12)c1nccs1. The highest BCUT2D eigenvalue weighted by Gasteiger charge is 2.13. The minimum absolute atomic E-state index is 0.221. The van der Waals surface area contributed by atoms with Crippen LogP contribution in [0.15, 0.2) is 48.1 Å². The van der Waals surface area contributed by atoms with E-state index in [0.717, 1.165) is 22.6 Å². The van der Waals surface area contributed by atoms with Gasteiger partial charge in [-0.3, -0.25) is 0 Å². The fourth-order valence-corrected chi connectivity index (χ4v) is 2.92. The Morgan fingerprint density at radius 2 is 2.05 bits per heavy atom. The summed E-state index contributed by atoms with van der Waals surface area (Å²) in [6, 6.07) is 10.5. The summed E-state index contributed by atoms with van der Waals surface area (Å²) in [7, 11) is 0. The van der Waals surface area contributed by atoms with Gasteiger partial charge in [-0.25, -0.2) is 9.97 Å². The Morgan fingerprint density at radius 3 is 2.84 bits per heavy atom. The van der Waals surface area contributed by atoms with Gasteiger partial charge in [-0.1, -0.05) is 31.2 Å². The van der Waals surface area contributed by atoms with Gasteiger partial charge in [0.15, 0.2) is 0 Å². The molecule has 4 heteroatoms. The molecule has 0 amide bonds. The first kappa shape index (κ1) is 12.1. The second-order valence-corrected chi connectivity index (χ2v) is 5.28. The Balaban J connectivity index is 1.96. The lowest BCUT2D eigenvalue weighted by Crippen LogP contribution is -2.10. The molecule has 2 heterocycles. The molecule has 1 aromatic carbocycles. The molecule has 1 atom stereocenters. The summed E-state index contributed by atoms with van der Waals surface area (Å²) in [5.41, 5.74) is 0. The highest BCUT2D eigenvalue weighted by atomic mass is 32.1. The molecule has 3 nitrogen and oxygen atoms in total. The lowest BCUT2D eigenvalue weighted by molar-refractivity contribution is 0.739. The van der Waals surface area contributed by atoms with Crippen molar-refractivity contribution in [2.75, 3.05) is 5.32 Å². The Hall–Kier alpha value is -1.94. The molecule has 0 aliphatic rings. The van der Waals surface area contributed by atoms with Crippen LogP contribution in [0.1, 0.15) is 24.4 Å². The summed E-state index contributed by atoms with van der Waals surface area (Å²) in [4.78, 5) is 8.86. The van der Waals surface area contributed by atoms with Crippen LogP contribution in [-0.4, -0.2) is 9.97 Å². The monoisotopic (exact) mass is 269 g/mol. The maximum Gasteiger partial charge on any atom is 0.134 e. The van der Waals surface area contributed by atoms with Gasteiger partial charge in [-0.15, -0.1) is 11.3 Å². The van der Waals surface area contributed by atoms with E-state index in [1.807, 2.05) is 36.0 Å². The number of nitrogens with one attached hydrogen (secondary N) is 1. The number of aromatic nitrogens is 2. The van der Waals surface area contributed by atoms with Gasteiger partial charge in [0.1, 0.15) is 10.8 Å². The fourth-order valence-electron chi connectivity index (χ4n) is 2.14. The summed E-state index contributed by atoms with van der Waals surface area (Å²) in [5.74, 6) is 0.931. The molecule has 3 rings (SSSR count). The summed E-state index contributed by atoms with van der Waals surface area (Å²) in [6.45, 7) is 2.16. The van der Waals surface area contributed by atoms with E-state index in [1.54, 1.807) is 11.3 Å². The molecular weight excluding hydrogens is 254 g/mol. The Bertz CT molecular complexity index is 659. The number of anilines is 1. The first-order valence-electron chi connectivity index (χ1n) is 6.38. The zero-order chi connectivity index (χ0) is 13.1. The number of hydrogen-bond acceptors (Lipinski definition) is 4. The van der Waals surface area contributed by atoms with Gasteiger partial charge in [0.2, 0.25) is 0 Å². The maximum absolute atomic E-state index is 4.47. The zero-order valence-electron chi connectivity index (χ0n) is 10.7. The number of thiazole rings is 1. The van der Waals surface area contributed by atoms with Gasteiger partial charge >= 0.3 is 0 Å². The van der Waals surface area contributed by atoms with Gasteiger partial charge in [0.05, 0.1) is 6.04 Å². The average molecular weight is 269 g/mol. The van der Waals surface area contributed by atoms with E-state index in [4.69, 9.17) is 0 Å². The number of pyridine rings is 1. The first-order valence-corrected chi connectivity index (χ1v) is 7.26. The molecule has 0 spiro atoms. The maximum atomic E-state index is 4.47. The van der Waals surface area contributed by atoms with Gasteiger partial charge in [0, 0.05) is 23.2 Å². The lowest BCUT2D eigenvalue weighted by Gasteiger charge is -2.16. The van der Waals surface area contributed by atoms with Crippen molar-refractivity contribution >= 4 is 27.9 Å². The van der Waals surface area contributed by atoms with Crippen LogP contribution in [0.4, 0.5) is 5.82 Å². The molecule has 3 aromatic rings. The summed E-state index contributed by atoms with van der Waals surface area (Å²) in [6.07, 6.45) is 4.68. The van der Waals surface area contributed by atoms with Crippen LogP contribution in [0.5, 0.6) is 0 Å². The zero-order valence-corrected chi connectivity index (χ0v) is 11.5. The lowest BCUT2D eigenvalue weighted by atomic mass is 10.1. The molecule has 1 N–H and O–H groups in total. The molecular formula is C15H15N3S. The first-order chi connectivity index (χ1) is 9.38. The van der Waals surface area contributed by atoms with Crippen LogP contribution >= 0.6 is 11.3 Å². The van der Waals surface area contributed by atoms with Crippen LogP contribution in [0.2, 0.25) is 0 Å². The average Bonchev–Trinajstić information content (AvgIpc) is 2.99. The van der Waals surface area contributed by atoms with E-state index in [-0.39, 0.29) is 6.04 Å². The molecule has 0 aliphatic carbocycles. The van der Waals surface area contributed by atoms with Crippen LogP contribution < -0.4 is 5.32 Å². The standard InChI is InChI=1S/C15H15N3S/c1-2-13(15-17-9-10-19-15)18-14-12-6-4-3-5-11(12)7-8-16-14/h3-10,13H,2H2,1H3,(H,16,18). The predicted molar refractivity (Wildman–Crippen MR) is 80.5 cm³/mol. The molecule has 2 aromatic heterocycles. The topological polar surface area (TPSA) is 37.8 Å². The fraction of sp³-hybridized carbons (Fsp3) is 0.200. The highest BCUT2D eigenvalue weighted by molar-refractivity contribution is 7.09. The minimum atomic E-state index is 0.221. The number of fused-ring (bicyclic) bond motifs is 1. The smallest absolute Gasteiger partial charge is 0.134 e. The van der Waals surface area contributed by atoms with Crippen molar-refractivity contribution in [3.63, 3.8) is 0 Å². The summed E-state index contributed by atoms with van der Waals surface area (Å²) < 4.78 is 0. The Kier molecular flexibility index (Phi) is 3.42. The van der Waals surface area contributed by atoms with E-state index >= 15 is 0 Å². The number of benzene rings is 1. The van der Waals surface area contributed by atoms with Gasteiger partial charge in [-0.05, 0) is 17.9 Å². The van der Waals surface area contributed by atoms with Crippen LogP contribution in [-0.2, 0) is 0 Å². The molecule has 1 unspecified atom stereocenters. The van der Waals surface area contributed by atoms with E-state index in [1.165, 1.54) is 5.39 Å². The van der Waals surface area contributed by atoms with Crippen molar-refractivity contribution < 1.29 is 0 Å².